The normalized spacial score (nSPS) is 16.9. The molecule has 0 N–H and O–H groups in total. The van der Waals surface area contributed by atoms with Gasteiger partial charge in [0, 0.05) is 25.8 Å². The fourth-order valence-electron chi connectivity index (χ4n) is 1.46. The average molecular weight is 242 g/mol. The Labute approximate surface area is 91.0 Å². The third kappa shape index (κ3) is 4.81. The van der Waals surface area contributed by atoms with E-state index in [9.17, 15) is 13.2 Å². The molecule has 0 aromatic carbocycles. The van der Waals surface area contributed by atoms with Crippen molar-refractivity contribution in [1.82, 2.24) is 4.90 Å². The van der Waals surface area contributed by atoms with Crippen LogP contribution in [0.1, 0.15) is 19.3 Å². The van der Waals surface area contributed by atoms with Gasteiger partial charge in [-0.05, 0) is 12.8 Å². The van der Waals surface area contributed by atoms with Crippen molar-refractivity contribution in [2.75, 3.05) is 25.1 Å². The van der Waals surface area contributed by atoms with Gasteiger partial charge in [0.15, 0.2) is 0 Å². The molecule has 14 heavy (non-hydrogen) atoms. The number of halogens is 1. The molecule has 1 rings (SSSR count). The summed E-state index contributed by atoms with van der Waals surface area (Å²) in [4.78, 5) is 12.8. The molecule has 1 saturated heterocycles. The lowest BCUT2D eigenvalue weighted by molar-refractivity contribution is -0.127. The number of carbonyl (C=O) groups is 1. The molecule has 0 aromatic rings. The Morgan fingerprint density at radius 3 is 2.50 bits per heavy atom. The fraction of sp³-hybridized carbons (Fsp3) is 0.875. The van der Waals surface area contributed by atoms with Gasteiger partial charge >= 0.3 is 0 Å². The number of hydrogen-bond acceptors (Lipinski definition) is 3. The summed E-state index contributed by atoms with van der Waals surface area (Å²) < 4.78 is 21.6. The standard InChI is InChI=1S/C8H15NO3S.ClH/c1-13(11,12)7-3-6-9-5-2-4-8(9)10;/h2-7H2,1H3;1H. The molecule has 1 heterocycles. The topological polar surface area (TPSA) is 54.5 Å². The van der Waals surface area contributed by atoms with E-state index in [4.69, 9.17) is 0 Å². The van der Waals surface area contributed by atoms with Gasteiger partial charge < -0.3 is 4.90 Å². The van der Waals surface area contributed by atoms with E-state index in [2.05, 4.69) is 0 Å². The fourth-order valence-corrected chi connectivity index (χ4v) is 2.11. The van der Waals surface area contributed by atoms with E-state index in [-0.39, 0.29) is 24.1 Å². The first-order valence-electron chi connectivity index (χ1n) is 4.44. The van der Waals surface area contributed by atoms with Crippen LogP contribution in [0, 0.1) is 0 Å². The molecule has 6 heteroatoms. The lowest BCUT2D eigenvalue weighted by Gasteiger charge is -2.14. The lowest BCUT2D eigenvalue weighted by Crippen LogP contribution is -2.26. The molecular weight excluding hydrogens is 226 g/mol. The molecule has 0 saturated carbocycles. The predicted octanol–water partition coefficient (Wildman–Crippen LogP) is 0.465. The van der Waals surface area contributed by atoms with Crippen molar-refractivity contribution < 1.29 is 13.2 Å². The summed E-state index contributed by atoms with van der Waals surface area (Å²) in [5, 5.41) is 0. The minimum atomic E-state index is -2.87. The number of sulfone groups is 1. The second-order valence-electron chi connectivity index (χ2n) is 3.47. The highest BCUT2D eigenvalue weighted by atomic mass is 35.5. The van der Waals surface area contributed by atoms with Crippen LogP contribution in [0.4, 0.5) is 0 Å². The van der Waals surface area contributed by atoms with E-state index in [0.717, 1.165) is 13.0 Å². The second-order valence-corrected chi connectivity index (χ2v) is 5.73. The van der Waals surface area contributed by atoms with Crippen molar-refractivity contribution in [2.45, 2.75) is 19.3 Å². The van der Waals surface area contributed by atoms with Crippen LogP contribution in [0.3, 0.4) is 0 Å². The summed E-state index contributed by atoms with van der Waals surface area (Å²) in [6.45, 7) is 1.38. The molecule has 1 fully saturated rings. The zero-order valence-electron chi connectivity index (χ0n) is 8.23. The van der Waals surface area contributed by atoms with E-state index in [1.807, 2.05) is 0 Å². The summed E-state index contributed by atoms with van der Waals surface area (Å²) >= 11 is 0. The first-order chi connectivity index (χ1) is 5.99. The van der Waals surface area contributed by atoms with Crippen molar-refractivity contribution in [3.63, 3.8) is 0 Å². The number of carbonyl (C=O) groups excluding carboxylic acids is 1. The van der Waals surface area contributed by atoms with Gasteiger partial charge in [-0.15, -0.1) is 12.4 Å². The smallest absolute Gasteiger partial charge is 0.222 e. The van der Waals surface area contributed by atoms with Crippen LogP contribution in [-0.2, 0) is 14.6 Å². The summed E-state index contributed by atoms with van der Waals surface area (Å²) in [7, 11) is -2.87. The molecule has 0 unspecified atom stereocenters. The highest BCUT2D eigenvalue weighted by Crippen LogP contribution is 2.09. The lowest BCUT2D eigenvalue weighted by atomic mass is 10.4. The molecule has 0 bridgehead atoms. The number of hydrogen-bond donors (Lipinski definition) is 0. The monoisotopic (exact) mass is 241 g/mol. The Morgan fingerprint density at radius 2 is 2.07 bits per heavy atom. The Bertz CT molecular complexity index is 289. The molecule has 1 amide bonds. The molecular formula is C8H16ClNO3S. The van der Waals surface area contributed by atoms with Gasteiger partial charge in [-0.3, -0.25) is 4.79 Å². The van der Waals surface area contributed by atoms with Gasteiger partial charge in [-0.1, -0.05) is 0 Å². The van der Waals surface area contributed by atoms with Crippen molar-refractivity contribution in [1.29, 1.82) is 0 Å². The van der Waals surface area contributed by atoms with Crippen LogP contribution in [0.2, 0.25) is 0 Å². The Kier molecular flexibility index (Phi) is 5.44. The molecule has 84 valence electrons. The number of amides is 1. The maximum atomic E-state index is 11.1. The second kappa shape index (κ2) is 5.56. The molecule has 1 aliphatic heterocycles. The Hall–Kier alpha value is -0.290. The molecule has 0 spiro atoms. The molecule has 0 aromatic heterocycles. The first-order valence-corrected chi connectivity index (χ1v) is 6.50. The van der Waals surface area contributed by atoms with E-state index in [1.165, 1.54) is 6.26 Å². The largest absolute Gasteiger partial charge is 0.343 e. The van der Waals surface area contributed by atoms with Crippen molar-refractivity contribution in [3.05, 3.63) is 0 Å². The SMILES string of the molecule is CS(=O)(=O)CCCN1CCCC1=O.Cl. The maximum Gasteiger partial charge on any atom is 0.222 e. The number of rotatable bonds is 4. The van der Waals surface area contributed by atoms with Crippen LogP contribution < -0.4 is 0 Å². The summed E-state index contributed by atoms with van der Waals surface area (Å²) in [6, 6.07) is 0. The van der Waals surface area contributed by atoms with Gasteiger partial charge in [0.1, 0.15) is 9.84 Å². The van der Waals surface area contributed by atoms with Crippen molar-refractivity contribution >= 4 is 28.2 Å². The summed E-state index contributed by atoms with van der Waals surface area (Å²) in [5.41, 5.74) is 0. The zero-order valence-corrected chi connectivity index (χ0v) is 9.86. The van der Waals surface area contributed by atoms with Crippen LogP contribution in [0.15, 0.2) is 0 Å². The summed E-state index contributed by atoms with van der Waals surface area (Å²) in [5.74, 6) is 0.338. The van der Waals surface area contributed by atoms with Gasteiger partial charge in [-0.2, -0.15) is 0 Å². The predicted molar refractivity (Wildman–Crippen MR) is 57.4 cm³/mol. The third-order valence-corrected chi connectivity index (χ3v) is 3.14. The van der Waals surface area contributed by atoms with Gasteiger partial charge in [0.25, 0.3) is 0 Å². The maximum absolute atomic E-state index is 11.1. The summed E-state index contributed by atoms with van der Waals surface area (Å²) in [6.07, 6.45) is 3.32. The van der Waals surface area contributed by atoms with Crippen LogP contribution in [-0.4, -0.2) is 44.3 Å². The molecule has 0 aliphatic carbocycles. The van der Waals surface area contributed by atoms with E-state index >= 15 is 0 Å². The minimum Gasteiger partial charge on any atom is -0.343 e. The van der Waals surface area contributed by atoms with Gasteiger partial charge in [0.05, 0.1) is 5.75 Å². The van der Waals surface area contributed by atoms with Gasteiger partial charge in [-0.25, -0.2) is 8.42 Å². The molecule has 4 nitrogen and oxygen atoms in total. The molecule has 1 aliphatic rings. The van der Waals surface area contributed by atoms with E-state index in [0.29, 0.717) is 19.4 Å². The van der Waals surface area contributed by atoms with Crippen LogP contribution in [0.5, 0.6) is 0 Å². The average Bonchev–Trinajstić information content (AvgIpc) is 2.34. The molecule has 0 atom stereocenters. The van der Waals surface area contributed by atoms with Crippen molar-refractivity contribution in [2.24, 2.45) is 0 Å². The Balaban J connectivity index is 0.00000169. The van der Waals surface area contributed by atoms with E-state index in [1.54, 1.807) is 4.90 Å². The number of likely N-dealkylation sites (tertiary alicyclic amines) is 1. The van der Waals surface area contributed by atoms with Crippen LogP contribution in [0.25, 0.3) is 0 Å². The first kappa shape index (κ1) is 13.7. The highest BCUT2D eigenvalue weighted by Gasteiger charge is 2.19. The Morgan fingerprint density at radius 1 is 1.43 bits per heavy atom. The highest BCUT2D eigenvalue weighted by molar-refractivity contribution is 7.90. The van der Waals surface area contributed by atoms with Crippen LogP contribution >= 0.6 is 12.4 Å². The number of nitrogens with zero attached hydrogens (tertiary/aromatic N) is 1. The van der Waals surface area contributed by atoms with E-state index < -0.39 is 9.84 Å². The molecule has 0 radical (unpaired) electrons. The zero-order chi connectivity index (χ0) is 9.90. The third-order valence-electron chi connectivity index (χ3n) is 2.11. The minimum absolute atomic E-state index is 0. The van der Waals surface area contributed by atoms with Crippen molar-refractivity contribution in [3.8, 4) is 0 Å². The quantitative estimate of drug-likeness (QED) is 0.719. The van der Waals surface area contributed by atoms with Gasteiger partial charge in [0.2, 0.25) is 5.91 Å².